The maximum Gasteiger partial charge on any atom is 0.348 e. The van der Waals surface area contributed by atoms with Gasteiger partial charge in [0.15, 0.2) is 17.2 Å². The molecule has 0 aliphatic carbocycles. The van der Waals surface area contributed by atoms with Crippen LogP contribution in [0.2, 0.25) is 0 Å². The normalized spacial score (nSPS) is 16.4. The molecule has 0 saturated heterocycles. The Morgan fingerprint density at radius 3 is 2.49 bits per heavy atom. The van der Waals surface area contributed by atoms with E-state index in [9.17, 15) is 18.0 Å². The Kier molecular flexibility index (Phi) is 6.47. The van der Waals surface area contributed by atoms with Crippen LogP contribution in [0.5, 0.6) is 11.5 Å². The smallest absolute Gasteiger partial charge is 0.348 e. The van der Waals surface area contributed by atoms with Crippen LogP contribution in [0.1, 0.15) is 30.1 Å². The van der Waals surface area contributed by atoms with Gasteiger partial charge in [-0.3, -0.25) is 9.36 Å². The number of hydrogen-bond acceptors (Lipinski definition) is 9. The molecule has 188 valence electrons. The van der Waals surface area contributed by atoms with Crippen molar-refractivity contribution in [3.05, 3.63) is 52.3 Å². The number of primary amides is 1. The third kappa shape index (κ3) is 4.82. The van der Waals surface area contributed by atoms with Crippen LogP contribution in [0.4, 0.5) is 0 Å². The topological polar surface area (TPSA) is 167 Å². The zero-order valence-electron chi connectivity index (χ0n) is 19.6. The fraction of sp³-hybridized carbons (Fsp3) is 0.409. The summed E-state index contributed by atoms with van der Waals surface area (Å²) in [5.74, 6) is 0.439. The van der Waals surface area contributed by atoms with Crippen LogP contribution < -0.4 is 36.3 Å². The van der Waals surface area contributed by atoms with Crippen LogP contribution in [0, 0.1) is 0 Å². The Balaban J connectivity index is 1.76. The van der Waals surface area contributed by atoms with Crippen molar-refractivity contribution in [2.75, 3.05) is 20.5 Å². The Bertz CT molecular complexity index is 1340. The van der Waals surface area contributed by atoms with Gasteiger partial charge >= 0.3 is 5.69 Å². The standard InChI is InChI=1S/C22H28N6O6S/c1-33-18-10-13-5-9-28-17(14(13)11-19(18)34-2)12-16(26-21(28)30)15(27-35(3,31)32)4-6-22(20(23)29)24-7-8-25-22/h7-8,10-12,15,24-25,27H,4-6,9H2,1-3H3,(H2,23,29). The molecule has 35 heavy (non-hydrogen) atoms. The summed E-state index contributed by atoms with van der Waals surface area (Å²) < 4.78 is 39.3. The molecule has 12 nitrogen and oxygen atoms in total. The average molecular weight is 505 g/mol. The quantitative estimate of drug-likeness (QED) is 0.358. The molecule has 1 atom stereocenters. The predicted octanol–water partition coefficient (Wildman–Crippen LogP) is -0.300. The highest BCUT2D eigenvalue weighted by Gasteiger charge is 2.38. The molecule has 0 fully saturated rings. The molecule has 0 spiro atoms. The van der Waals surface area contributed by atoms with Gasteiger partial charge in [-0.2, -0.15) is 4.98 Å². The molecule has 13 heteroatoms. The minimum absolute atomic E-state index is 0.129. The van der Waals surface area contributed by atoms with E-state index in [1.54, 1.807) is 36.2 Å². The van der Waals surface area contributed by atoms with Gasteiger partial charge in [0.05, 0.1) is 37.9 Å². The van der Waals surface area contributed by atoms with E-state index in [0.717, 1.165) is 17.4 Å². The largest absolute Gasteiger partial charge is 0.493 e. The molecular formula is C22H28N6O6S. The van der Waals surface area contributed by atoms with Crippen LogP contribution in [-0.2, 0) is 27.8 Å². The van der Waals surface area contributed by atoms with Crippen molar-refractivity contribution in [2.24, 2.45) is 5.73 Å². The Hall–Kier alpha value is -3.58. The number of benzene rings is 1. The highest BCUT2D eigenvalue weighted by molar-refractivity contribution is 7.88. The highest BCUT2D eigenvalue weighted by atomic mass is 32.2. The number of nitrogens with one attached hydrogen (secondary N) is 3. The Morgan fingerprint density at radius 1 is 1.23 bits per heavy atom. The van der Waals surface area contributed by atoms with Crippen LogP contribution in [0.3, 0.4) is 0 Å². The number of rotatable bonds is 9. The van der Waals surface area contributed by atoms with Gasteiger partial charge in [0.25, 0.3) is 5.91 Å². The Morgan fingerprint density at radius 2 is 1.89 bits per heavy atom. The van der Waals surface area contributed by atoms with Crippen molar-refractivity contribution >= 4 is 15.9 Å². The lowest BCUT2D eigenvalue weighted by Crippen LogP contribution is -2.59. The van der Waals surface area contributed by atoms with E-state index >= 15 is 0 Å². The maximum atomic E-state index is 13.0. The number of hydrogen-bond donors (Lipinski definition) is 4. The van der Waals surface area contributed by atoms with Gasteiger partial charge in [-0.1, -0.05) is 0 Å². The lowest BCUT2D eigenvalue weighted by atomic mass is 9.94. The van der Waals surface area contributed by atoms with Crippen LogP contribution >= 0.6 is 0 Å². The summed E-state index contributed by atoms with van der Waals surface area (Å²) in [6.45, 7) is 0.415. The zero-order chi connectivity index (χ0) is 25.4. The van der Waals surface area contributed by atoms with Gasteiger partial charge in [-0.05, 0) is 36.6 Å². The average Bonchev–Trinajstić information content (AvgIpc) is 3.30. The molecule has 1 aromatic heterocycles. The molecule has 0 saturated carbocycles. The van der Waals surface area contributed by atoms with Crippen molar-refractivity contribution in [2.45, 2.75) is 37.5 Å². The first kappa shape index (κ1) is 24.5. The minimum Gasteiger partial charge on any atom is -0.493 e. The van der Waals surface area contributed by atoms with Crippen molar-refractivity contribution in [1.82, 2.24) is 24.9 Å². The summed E-state index contributed by atoms with van der Waals surface area (Å²) in [5.41, 5.74) is 6.36. The summed E-state index contributed by atoms with van der Waals surface area (Å²) in [7, 11) is -0.600. The van der Waals surface area contributed by atoms with Crippen LogP contribution in [-0.4, -0.2) is 50.0 Å². The molecule has 3 heterocycles. The number of carbonyl (C=O) groups is 1. The molecule has 4 rings (SSSR count). The highest BCUT2D eigenvalue weighted by Crippen LogP contribution is 2.38. The number of sulfonamides is 1. The molecule has 2 aliphatic heterocycles. The second kappa shape index (κ2) is 9.23. The van der Waals surface area contributed by atoms with E-state index in [-0.39, 0.29) is 18.5 Å². The van der Waals surface area contributed by atoms with Gasteiger partial charge in [-0.15, -0.1) is 0 Å². The van der Waals surface area contributed by atoms with Crippen LogP contribution in [0.15, 0.2) is 35.4 Å². The molecule has 2 aromatic rings. The summed E-state index contributed by atoms with van der Waals surface area (Å²) in [6, 6.07) is 4.48. The van der Waals surface area contributed by atoms with Crippen molar-refractivity contribution < 1.29 is 22.7 Å². The lowest BCUT2D eigenvalue weighted by molar-refractivity contribution is -0.124. The first-order valence-electron chi connectivity index (χ1n) is 10.9. The van der Waals surface area contributed by atoms with Crippen molar-refractivity contribution in [3.63, 3.8) is 0 Å². The lowest BCUT2D eigenvalue weighted by Gasteiger charge is -2.29. The number of aryl methyl sites for hydroxylation is 1. The molecule has 1 unspecified atom stereocenters. The first-order chi connectivity index (χ1) is 16.6. The number of nitrogens with two attached hydrogens (primary N) is 1. The first-order valence-corrected chi connectivity index (χ1v) is 12.8. The predicted molar refractivity (Wildman–Crippen MR) is 128 cm³/mol. The molecule has 0 radical (unpaired) electrons. The fourth-order valence-electron chi connectivity index (χ4n) is 4.45. The van der Waals surface area contributed by atoms with E-state index in [2.05, 4.69) is 20.3 Å². The number of ether oxygens (including phenoxy) is 2. The molecule has 5 N–H and O–H groups in total. The second-order valence-corrected chi connectivity index (χ2v) is 10.3. The van der Waals surface area contributed by atoms with Gasteiger partial charge in [0.1, 0.15) is 0 Å². The SMILES string of the molecule is COc1cc2c(cc1OC)-c1cc(C(CCC3(C(N)=O)NC=CN3)NS(C)(=O)=O)nc(=O)n1CC2. The number of methoxy groups -OCH3 is 2. The second-order valence-electron chi connectivity index (χ2n) is 8.49. The monoisotopic (exact) mass is 504 g/mol. The van der Waals surface area contributed by atoms with E-state index in [0.29, 0.717) is 30.2 Å². The fourth-order valence-corrected chi connectivity index (χ4v) is 5.20. The van der Waals surface area contributed by atoms with E-state index in [1.165, 1.54) is 7.11 Å². The van der Waals surface area contributed by atoms with E-state index < -0.39 is 33.3 Å². The zero-order valence-corrected chi connectivity index (χ0v) is 20.4. The number of nitrogens with zero attached hydrogens (tertiary/aromatic N) is 2. The van der Waals surface area contributed by atoms with Gasteiger partial charge in [-0.25, -0.2) is 17.9 Å². The van der Waals surface area contributed by atoms with E-state index in [1.807, 2.05) is 6.07 Å². The maximum absolute atomic E-state index is 13.0. The van der Waals surface area contributed by atoms with Crippen LogP contribution in [0.25, 0.3) is 11.3 Å². The summed E-state index contributed by atoms with van der Waals surface area (Å²) in [5, 5.41) is 5.76. The van der Waals surface area contributed by atoms with Gasteiger partial charge in [0.2, 0.25) is 10.0 Å². The third-order valence-electron chi connectivity index (χ3n) is 6.21. The minimum atomic E-state index is -3.68. The van der Waals surface area contributed by atoms with Gasteiger partial charge in [0, 0.05) is 30.9 Å². The number of fused-ring (bicyclic) bond motifs is 3. The summed E-state index contributed by atoms with van der Waals surface area (Å²) in [4.78, 5) is 29.2. The van der Waals surface area contributed by atoms with E-state index in [4.69, 9.17) is 15.2 Å². The molecule has 1 amide bonds. The van der Waals surface area contributed by atoms with Crippen molar-refractivity contribution in [1.29, 1.82) is 0 Å². The molecule has 1 aromatic carbocycles. The number of amides is 1. The molecule has 2 aliphatic rings. The molecular weight excluding hydrogens is 476 g/mol. The molecule has 0 bridgehead atoms. The number of carbonyl (C=O) groups excluding carboxylic acids is 1. The third-order valence-corrected chi connectivity index (χ3v) is 6.92. The van der Waals surface area contributed by atoms with Gasteiger partial charge < -0.3 is 25.8 Å². The summed E-state index contributed by atoms with van der Waals surface area (Å²) >= 11 is 0. The summed E-state index contributed by atoms with van der Waals surface area (Å²) in [6.07, 6.45) is 4.98. The number of aromatic nitrogens is 2. The Labute approximate surface area is 202 Å². The van der Waals surface area contributed by atoms with Crippen molar-refractivity contribution in [3.8, 4) is 22.8 Å².